The maximum Gasteiger partial charge on any atom is 0.0672 e. The van der Waals surface area contributed by atoms with Crippen LogP contribution in [0.3, 0.4) is 0 Å². The number of nitrogens with zero attached hydrogens (tertiary/aromatic N) is 2. The monoisotopic (exact) mass is 264 g/mol. The number of nitrogens with one attached hydrogen (secondary N) is 1. The van der Waals surface area contributed by atoms with E-state index in [1.165, 1.54) is 11.3 Å². The van der Waals surface area contributed by atoms with E-state index in [-0.39, 0.29) is 0 Å². The van der Waals surface area contributed by atoms with Crippen molar-refractivity contribution in [2.75, 3.05) is 10.6 Å². The highest BCUT2D eigenvalue weighted by Gasteiger charge is 2.28. The van der Waals surface area contributed by atoms with Crippen LogP contribution in [-0.2, 0) is 6.42 Å². The summed E-state index contributed by atoms with van der Waals surface area (Å²) >= 11 is 0. The van der Waals surface area contributed by atoms with E-state index < -0.39 is 0 Å². The van der Waals surface area contributed by atoms with Crippen LogP contribution < -0.4 is 10.6 Å². The lowest BCUT2D eigenvalue weighted by atomic mass is 10.1. The van der Waals surface area contributed by atoms with Gasteiger partial charge in [-0.3, -0.25) is 5.10 Å². The second-order valence-electron chi connectivity index (χ2n) is 5.42. The van der Waals surface area contributed by atoms with E-state index in [0.29, 0.717) is 6.04 Å². The molecule has 4 heteroatoms. The van der Waals surface area contributed by atoms with Gasteiger partial charge in [0, 0.05) is 17.1 Å². The second kappa shape index (κ2) is 4.00. The fourth-order valence-electron chi connectivity index (χ4n) is 3.14. The summed E-state index contributed by atoms with van der Waals surface area (Å²) in [7, 11) is 0. The molecule has 1 aromatic heterocycles. The van der Waals surface area contributed by atoms with Gasteiger partial charge in [-0.25, -0.2) is 0 Å². The van der Waals surface area contributed by atoms with Crippen LogP contribution in [0.15, 0.2) is 42.6 Å². The summed E-state index contributed by atoms with van der Waals surface area (Å²) in [6, 6.07) is 13.0. The normalized spacial score (nSPS) is 17.6. The van der Waals surface area contributed by atoms with Gasteiger partial charge in [-0.1, -0.05) is 18.2 Å². The summed E-state index contributed by atoms with van der Waals surface area (Å²) in [6.07, 6.45) is 2.85. The van der Waals surface area contributed by atoms with Gasteiger partial charge in [0.2, 0.25) is 0 Å². The number of hydrogen-bond donors (Lipinski definition) is 2. The number of para-hydroxylation sites is 1. The number of hydrogen-bond acceptors (Lipinski definition) is 3. The number of anilines is 3. The molecule has 4 rings (SSSR count). The van der Waals surface area contributed by atoms with E-state index in [2.05, 4.69) is 52.4 Å². The Morgan fingerprint density at radius 2 is 2.10 bits per heavy atom. The fourth-order valence-corrected chi connectivity index (χ4v) is 3.14. The van der Waals surface area contributed by atoms with Gasteiger partial charge >= 0.3 is 0 Å². The molecular weight excluding hydrogens is 248 g/mol. The molecule has 0 aliphatic carbocycles. The highest BCUT2D eigenvalue weighted by Crippen LogP contribution is 2.41. The SMILES string of the molecule is CC1Cc2ccccc2N1c1cc2[nH]ncc2cc1N. The number of nitrogen functional groups attached to an aromatic ring is 1. The Morgan fingerprint density at radius 1 is 1.25 bits per heavy atom. The summed E-state index contributed by atoms with van der Waals surface area (Å²) in [4.78, 5) is 2.32. The number of rotatable bonds is 1. The van der Waals surface area contributed by atoms with Gasteiger partial charge in [0.15, 0.2) is 0 Å². The molecule has 0 fully saturated rings. The fraction of sp³-hybridized carbons (Fsp3) is 0.188. The number of nitrogens with two attached hydrogens (primary N) is 1. The minimum atomic E-state index is 0.412. The molecule has 3 N–H and O–H groups in total. The molecule has 0 bridgehead atoms. The number of aromatic nitrogens is 2. The molecular formula is C16H16N4. The van der Waals surface area contributed by atoms with E-state index in [1.807, 2.05) is 6.07 Å². The minimum absolute atomic E-state index is 0.412. The van der Waals surface area contributed by atoms with Crippen molar-refractivity contribution in [3.05, 3.63) is 48.2 Å². The quantitative estimate of drug-likeness (QED) is 0.663. The Morgan fingerprint density at radius 3 is 3.00 bits per heavy atom. The van der Waals surface area contributed by atoms with Crippen molar-refractivity contribution in [3.63, 3.8) is 0 Å². The lowest BCUT2D eigenvalue weighted by Gasteiger charge is -2.26. The molecule has 0 radical (unpaired) electrons. The van der Waals surface area contributed by atoms with Gasteiger partial charge in [-0.05, 0) is 37.1 Å². The first-order valence-electron chi connectivity index (χ1n) is 6.84. The molecule has 0 spiro atoms. The standard InChI is InChI=1S/C16H16N4/c1-10-6-11-4-2-3-5-15(11)20(10)16-8-14-12(7-13(16)17)9-18-19-14/h2-5,7-10H,6,17H2,1H3,(H,18,19). The third-order valence-corrected chi connectivity index (χ3v) is 4.05. The lowest BCUT2D eigenvalue weighted by Crippen LogP contribution is -2.24. The highest BCUT2D eigenvalue weighted by molar-refractivity contribution is 5.91. The number of H-pyrrole nitrogens is 1. The van der Waals surface area contributed by atoms with Crippen LogP contribution in [0.2, 0.25) is 0 Å². The first-order chi connectivity index (χ1) is 9.74. The van der Waals surface area contributed by atoms with Gasteiger partial charge in [0.1, 0.15) is 0 Å². The molecule has 20 heavy (non-hydrogen) atoms. The van der Waals surface area contributed by atoms with Crippen molar-refractivity contribution >= 4 is 28.0 Å². The third-order valence-electron chi connectivity index (χ3n) is 4.05. The Bertz CT molecular complexity index is 790. The molecule has 1 atom stereocenters. The van der Waals surface area contributed by atoms with Gasteiger partial charge in [-0.2, -0.15) is 5.10 Å². The molecule has 1 unspecified atom stereocenters. The summed E-state index contributed by atoms with van der Waals surface area (Å²) in [5, 5.41) is 8.14. The average Bonchev–Trinajstić information content (AvgIpc) is 3.00. The molecule has 1 aliphatic heterocycles. The topological polar surface area (TPSA) is 57.9 Å². The van der Waals surface area contributed by atoms with E-state index in [1.54, 1.807) is 6.20 Å². The second-order valence-corrected chi connectivity index (χ2v) is 5.42. The van der Waals surface area contributed by atoms with Crippen molar-refractivity contribution in [1.29, 1.82) is 0 Å². The van der Waals surface area contributed by atoms with Crippen molar-refractivity contribution < 1.29 is 0 Å². The van der Waals surface area contributed by atoms with E-state index in [9.17, 15) is 0 Å². The van der Waals surface area contributed by atoms with Crippen LogP contribution in [-0.4, -0.2) is 16.2 Å². The van der Waals surface area contributed by atoms with Gasteiger partial charge in [0.05, 0.1) is 23.1 Å². The van der Waals surface area contributed by atoms with E-state index in [0.717, 1.165) is 28.7 Å². The molecule has 100 valence electrons. The first-order valence-corrected chi connectivity index (χ1v) is 6.84. The summed E-state index contributed by atoms with van der Waals surface area (Å²) in [6.45, 7) is 2.23. The molecule has 4 nitrogen and oxygen atoms in total. The Balaban J connectivity index is 1.92. The maximum absolute atomic E-state index is 6.26. The smallest absolute Gasteiger partial charge is 0.0672 e. The zero-order valence-corrected chi connectivity index (χ0v) is 11.3. The average molecular weight is 264 g/mol. The van der Waals surface area contributed by atoms with Crippen LogP contribution in [0, 0.1) is 0 Å². The summed E-state index contributed by atoms with van der Waals surface area (Å²) in [5.41, 5.74) is 11.8. The predicted octanol–water partition coefficient (Wildman–Crippen LogP) is 3.23. The van der Waals surface area contributed by atoms with Crippen molar-refractivity contribution in [2.45, 2.75) is 19.4 Å². The zero-order valence-electron chi connectivity index (χ0n) is 11.3. The largest absolute Gasteiger partial charge is 0.397 e. The van der Waals surface area contributed by atoms with Crippen LogP contribution in [0.5, 0.6) is 0 Å². The number of fused-ring (bicyclic) bond motifs is 2. The molecule has 0 amide bonds. The van der Waals surface area contributed by atoms with Crippen LogP contribution in [0.25, 0.3) is 10.9 Å². The molecule has 2 aromatic carbocycles. The lowest BCUT2D eigenvalue weighted by molar-refractivity contribution is 0.760. The molecule has 2 heterocycles. The van der Waals surface area contributed by atoms with Crippen LogP contribution in [0.4, 0.5) is 17.1 Å². The zero-order chi connectivity index (χ0) is 13.7. The van der Waals surface area contributed by atoms with Crippen molar-refractivity contribution in [2.24, 2.45) is 0 Å². The van der Waals surface area contributed by atoms with Crippen LogP contribution >= 0.6 is 0 Å². The van der Waals surface area contributed by atoms with Gasteiger partial charge < -0.3 is 10.6 Å². The van der Waals surface area contributed by atoms with E-state index >= 15 is 0 Å². The molecule has 0 saturated carbocycles. The summed E-state index contributed by atoms with van der Waals surface area (Å²) < 4.78 is 0. The maximum atomic E-state index is 6.26. The molecule has 0 saturated heterocycles. The number of benzene rings is 2. The number of aromatic amines is 1. The Kier molecular flexibility index (Phi) is 2.27. The van der Waals surface area contributed by atoms with Crippen molar-refractivity contribution in [3.8, 4) is 0 Å². The van der Waals surface area contributed by atoms with Crippen LogP contribution in [0.1, 0.15) is 12.5 Å². The molecule has 3 aromatic rings. The molecule has 1 aliphatic rings. The van der Waals surface area contributed by atoms with Crippen molar-refractivity contribution in [1.82, 2.24) is 10.2 Å². The predicted molar refractivity (Wildman–Crippen MR) is 82.3 cm³/mol. The first kappa shape index (κ1) is 11.3. The van der Waals surface area contributed by atoms with Gasteiger partial charge in [0.25, 0.3) is 0 Å². The summed E-state index contributed by atoms with van der Waals surface area (Å²) in [5.74, 6) is 0. The Hall–Kier alpha value is -2.49. The third kappa shape index (κ3) is 1.51. The van der Waals surface area contributed by atoms with E-state index in [4.69, 9.17) is 5.73 Å². The Labute approximate surface area is 117 Å². The minimum Gasteiger partial charge on any atom is -0.397 e. The van der Waals surface area contributed by atoms with Gasteiger partial charge in [-0.15, -0.1) is 0 Å². The highest BCUT2D eigenvalue weighted by atomic mass is 15.2.